The average molecular weight is 217 g/mol. The minimum absolute atomic E-state index is 0.571. The van der Waals surface area contributed by atoms with Crippen molar-refractivity contribution in [1.82, 2.24) is 0 Å². The molecule has 1 aromatic rings. The van der Waals surface area contributed by atoms with Gasteiger partial charge in [-0.25, -0.2) is 0 Å². The van der Waals surface area contributed by atoms with Gasteiger partial charge in [0.15, 0.2) is 0 Å². The van der Waals surface area contributed by atoms with Gasteiger partial charge in [0.25, 0.3) is 0 Å². The fourth-order valence-corrected chi connectivity index (χ4v) is 2.48. The highest BCUT2D eigenvalue weighted by atomic mass is 14.5. The van der Waals surface area contributed by atoms with Gasteiger partial charge in [-0.2, -0.15) is 0 Å². The van der Waals surface area contributed by atoms with Gasteiger partial charge in [-0.15, -0.1) is 0 Å². The summed E-state index contributed by atoms with van der Waals surface area (Å²) in [6.07, 6.45) is 6.98. The predicted molar refractivity (Wildman–Crippen MR) is 69.5 cm³/mol. The van der Waals surface area contributed by atoms with Crippen molar-refractivity contribution in [1.29, 1.82) is 0 Å². The van der Waals surface area contributed by atoms with Crippen LogP contribution in [0.4, 0.5) is 0 Å². The van der Waals surface area contributed by atoms with Gasteiger partial charge in [-0.05, 0) is 43.7 Å². The van der Waals surface area contributed by atoms with Gasteiger partial charge >= 0.3 is 0 Å². The van der Waals surface area contributed by atoms with Crippen molar-refractivity contribution >= 4 is 0 Å². The van der Waals surface area contributed by atoms with Crippen LogP contribution in [0.1, 0.15) is 49.1 Å². The van der Waals surface area contributed by atoms with E-state index >= 15 is 0 Å². The molecule has 0 bridgehead atoms. The zero-order valence-electron chi connectivity index (χ0n) is 10.3. The summed E-state index contributed by atoms with van der Waals surface area (Å²) in [7, 11) is 0. The Morgan fingerprint density at radius 2 is 1.94 bits per heavy atom. The standard InChI is InChI=1S/C15H23N/c1-12-5-8-14(9-6-12)15(11-16)10-7-13-3-2-4-13/h5-6,8-9,13,15H,2-4,7,10-11,16H2,1H3/t15-/m1/s1. The molecule has 1 aliphatic carbocycles. The van der Waals surface area contributed by atoms with Crippen LogP contribution in [0.15, 0.2) is 24.3 Å². The molecule has 2 N–H and O–H groups in total. The number of benzene rings is 1. The first-order valence-electron chi connectivity index (χ1n) is 6.56. The first-order chi connectivity index (χ1) is 7.79. The third kappa shape index (κ3) is 2.85. The van der Waals surface area contributed by atoms with E-state index in [-0.39, 0.29) is 0 Å². The van der Waals surface area contributed by atoms with Gasteiger partial charge in [0, 0.05) is 0 Å². The molecule has 1 heteroatoms. The molecular weight excluding hydrogens is 194 g/mol. The highest BCUT2D eigenvalue weighted by Crippen LogP contribution is 2.33. The molecule has 0 saturated heterocycles. The second-order valence-corrected chi connectivity index (χ2v) is 5.22. The van der Waals surface area contributed by atoms with Crippen molar-refractivity contribution in [3.63, 3.8) is 0 Å². The number of rotatable bonds is 5. The van der Waals surface area contributed by atoms with E-state index < -0.39 is 0 Å². The first-order valence-corrected chi connectivity index (χ1v) is 6.56. The van der Waals surface area contributed by atoms with E-state index in [1.54, 1.807) is 0 Å². The molecule has 2 rings (SSSR count). The van der Waals surface area contributed by atoms with Crippen LogP contribution in [-0.4, -0.2) is 6.54 Å². The van der Waals surface area contributed by atoms with Gasteiger partial charge < -0.3 is 5.73 Å². The maximum atomic E-state index is 5.89. The summed E-state index contributed by atoms with van der Waals surface area (Å²) in [4.78, 5) is 0. The van der Waals surface area contributed by atoms with Crippen LogP contribution in [0.2, 0.25) is 0 Å². The second kappa shape index (κ2) is 5.49. The molecule has 88 valence electrons. The van der Waals surface area contributed by atoms with E-state index in [1.165, 1.54) is 43.2 Å². The Bertz CT molecular complexity index is 311. The second-order valence-electron chi connectivity index (χ2n) is 5.22. The van der Waals surface area contributed by atoms with Crippen molar-refractivity contribution in [2.75, 3.05) is 6.54 Å². The van der Waals surface area contributed by atoms with E-state index in [9.17, 15) is 0 Å². The summed E-state index contributed by atoms with van der Waals surface area (Å²) >= 11 is 0. The maximum absolute atomic E-state index is 5.89. The molecule has 0 amide bonds. The Morgan fingerprint density at radius 3 is 2.44 bits per heavy atom. The lowest BCUT2D eigenvalue weighted by Crippen LogP contribution is -2.17. The minimum atomic E-state index is 0.571. The number of hydrogen-bond acceptors (Lipinski definition) is 1. The lowest BCUT2D eigenvalue weighted by Gasteiger charge is -2.27. The Labute approximate surface area is 99.0 Å². The fourth-order valence-electron chi connectivity index (χ4n) is 2.48. The molecule has 0 unspecified atom stereocenters. The van der Waals surface area contributed by atoms with Crippen LogP contribution in [-0.2, 0) is 0 Å². The summed E-state index contributed by atoms with van der Waals surface area (Å²) in [5.74, 6) is 1.57. The largest absolute Gasteiger partial charge is 0.330 e. The molecule has 0 heterocycles. The molecule has 1 fully saturated rings. The number of hydrogen-bond donors (Lipinski definition) is 1. The molecule has 0 aliphatic heterocycles. The highest BCUT2D eigenvalue weighted by Gasteiger charge is 2.19. The highest BCUT2D eigenvalue weighted by molar-refractivity contribution is 5.24. The molecule has 1 aliphatic rings. The zero-order chi connectivity index (χ0) is 11.4. The van der Waals surface area contributed by atoms with Gasteiger partial charge in [0.1, 0.15) is 0 Å². The lowest BCUT2D eigenvalue weighted by atomic mass is 9.79. The molecule has 1 nitrogen and oxygen atoms in total. The van der Waals surface area contributed by atoms with Gasteiger partial charge in [-0.3, -0.25) is 0 Å². The Morgan fingerprint density at radius 1 is 1.25 bits per heavy atom. The van der Waals surface area contributed by atoms with Crippen molar-refractivity contribution in [3.8, 4) is 0 Å². The smallest absolute Gasteiger partial charge is 0.000824 e. The molecule has 1 atom stereocenters. The van der Waals surface area contributed by atoms with Gasteiger partial charge in [0.2, 0.25) is 0 Å². The molecule has 1 aromatic carbocycles. The van der Waals surface area contributed by atoms with Crippen LogP contribution in [0.5, 0.6) is 0 Å². The van der Waals surface area contributed by atoms with E-state index in [0.29, 0.717) is 5.92 Å². The fraction of sp³-hybridized carbons (Fsp3) is 0.600. The predicted octanol–water partition coefficient (Wildman–Crippen LogP) is 3.62. The quantitative estimate of drug-likeness (QED) is 0.801. The summed E-state index contributed by atoms with van der Waals surface area (Å²) < 4.78 is 0. The van der Waals surface area contributed by atoms with Crippen LogP contribution in [0.3, 0.4) is 0 Å². The van der Waals surface area contributed by atoms with Gasteiger partial charge in [0.05, 0.1) is 0 Å². The molecule has 0 spiro atoms. The molecule has 16 heavy (non-hydrogen) atoms. The molecule has 1 saturated carbocycles. The monoisotopic (exact) mass is 217 g/mol. The third-order valence-corrected chi connectivity index (χ3v) is 3.98. The van der Waals surface area contributed by atoms with E-state index in [0.717, 1.165) is 12.5 Å². The van der Waals surface area contributed by atoms with Crippen molar-refractivity contribution in [3.05, 3.63) is 35.4 Å². The zero-order valence-corrected chi connectivity index (χ0v) is 10.3. The Balaban J connectivity index is 1.90. The first kappa shape index (κ1) is 11.7. The summed E-state index contributed by atoms with van der Waals surface area (Å²) in [6, 6.07) is 8.88. The Hall–Kier alpha value is -0.820. The normalized spacial score (nSPS) is 18.1. The van der Waals surface area contributed by atoms with E-state index in [2.05, 4.69) is 31.2 Å². The summed E-state index contributed by atoms with van der Waals surface area (Å²) in [6.45, 7) is 2.92. The SMILES string of the molecule is Cc1ccc([C@@H](CN)CCC2CCC2)cc1. The summed E-state index contributed by atoms with van der Waals surface area (Å²) in [5, 5.41) is 0. The number of aryl methyl sites for hydroxylation is 1. The average Bonchev–Trinajstić information content (AvgIpc) is 2.24. The maximum Gasteiger partial charge on any atom is -0.000824 e. The summed E-state index contributed by atoms with van der Waals surface area (Å²) in [5.41, 5.74) is 8.64. The van der Waals surface area contributed by atoms with Crippen LogP contribution < -0.4 is 5.73 Å². The van der Waals surface area contributed by atoms with Gasteiger partial charge in [-0.1, -0.05) is 49.1 Å². The van der Waals surface area contributed by atoms with Crippen LogP contribution in [0.25, 0.3) is 0 Å². The molecule has 0 aromatic heterocycles. The number of nitrogens with two attached hydrogens (primary N) is 1. The topological polar surface area (TPSA) is 26.0 Å². The van der Waals surface area contributed by atoms with Crippen molar-refractivity contribution in [2.45, 2.75) is 44.9 Å². The lowest BCUT2D eigenvalue weighted by molar-refractivity contribution is 0.282. The van der Waals surface area contributed by atoms with Crippen LogP contribution in [0, 0.1) is 12.8 Å². The van der Waals surface area contributed by atoms with E-state index in [1.807, 2.05) is 0 Å². The molecular formula is C15H23N. The Kier molecular flexibility index (Phi) is 4.00. The molecule has 0 radical (unpaired) electrons. The van der Waals surface area contributed by atoms with Crippen LogP contribution >= 0.6 is 0 Å². The third-order valence-electron chi connectivity index (χ3n) is 3.98. The van der Waals surface area contributed by atoms with Crippen molar-refractivity contribution in [2.24, 2.45) is 11.7 Å². The minimum Gasteiger partial charge on any atom is -0.330 e. The van der Waals surface area contributed by atoms with E-state index in [4.69, 9.17) is 5.73 Å². The van der Waals surface area contributed by atoms with Crippen molar-refractivity contribution < 1.29 is 0 Å².